The minimum atomic E-state index is -3.24. The highest BCUT2D eigenvalue weighted by Gasteiger charge is 2.32. The first-order valence-corrected chi connectivity index (χ1v) is 13.3. The average molecular weight is 443 g/mol. The molecule has 168 valence electrons. The third-order valence-corrected chi connectivity index (χ3v) is 7.44. The van der Waals surface area contributed by atoms with Gasteiger partial charge in [-0.15, -0.1) is 0 Å². The summed E-state index contributed by atoms with van der Waals surface area (Å²) in [6.07, 6.45) is 6.75. The summed E-state index contributed by atoms with van der Waals surface area (Å²) in [4.78, 5) is 2.35. The van der Waals surface area contributed by atoms with Crippen LogP contribution in [0.25, 0.3) is 0 Å². The molecule has 2 atom stereocenters. The van der Waals surface area contributed by atoms with Crippen LogP contribution in [0, 0.1) is 5.92 Å². The van der Waals surface area contributed by atoms with E-state index in [9.17, 15) is 8.42 Å². The second kappa shape index (κ2) is 10.2. The molecule has 1 saturated carbocycles. The van der Waals surface area contributed by atoms with Crippen molar-refractivity contribution in [1.29, 1.82) is 0 Å². The fraction of sp³-hybridized carbons (Fsp3) is 0.520. The Labute approximate surface area is 186 Å². The highest BCUT2D eigenvalue weighted by atomic mass is 32.2. The first kappa shape index (κ1) is 22.3. The number of nitrogens with one attached hydrogen (secondary N) is 1. The van der Waals surface area contributed by atoms with Crippen LogP contribution in [0.1, 0.15) is 43.6 Å². The summed E-state index contributed by atoms with van der Waals surface area (Å²) in [5.74, 6) is 0.763. The number of hydrogen-bond acceptors (Lipinski definition) is 4. The summed E-state index contributed by atoms with van der Waals surface area (Å²) in [6, 6.07) is 21.1. The topological polar surface area (TPSA) is 58.6 Å². The lowest BCUT2D eigenvalue weighted by atomic mass is 9.82. The molecule has 1 heterocycles. The van der Waals surface area contributed by atoms with Crippen molar-refractivity contribution in [3.63, 3.8) is 0 Å². The maximum absolute atomic E-state index is 11.9. The smallest absolute Gasteiger partial charge is 0.208 e. The summed E-state index contributed by atoms with van der Waals surface area (Å²) < 4.78 is 33.1. The van der Waals surface area contributed by atoms with E-state index in [2.05, 4.69) is 52.1 Å². The second-order valence-corrected chi connectivity index (χ2v) is 10.8. The average Bonchev–Trinajstić information content (AvgIpc) is 2.79. The lowest BCUT2D eigenvalue weighted by Crippen LogP contribution is -2.52. The highest BCUT2D eigenvalue weighted by molar-refractivity contribution is 7.88. The first-order valence-electron chi connectivity index (χ1n) is 11.4. The molecule has 31 heavy (non-hydrogen) atoms. The molecule has 1 N–H and O–H groups in total. The van der Waals surface area contributed by atoms with E-state index in [-0.39, 0.29) is 18.1 Å². The van der Waals surface area contributed by atoms with E-state index < -0.39 is 10.0 Å². The Hall–Kier alpha value is -1.89. The number of nitrogens with zero attached hydrogens (tertiary/aromatic N) is 1. The van der Waals surface area contributed by atoms with Gasteiger partial charge in [-0.2, -0.15) is 0 Å². The van der Waals surface area contributed by atoms with E-state index in [4.69, 9.17) is 4.74 Å². The van der Waals surface area contributed by atoms with Gasteiger partial charge in [-0.25, -0.2) is 13.1 Å². The zero-order valence-corrected chi connectivity index (χ0v) is 19.1. The van der Waals surface area contributed by atoms with E-state index in [0.29, 0.717) is 12.5 Å². The number of piperidine rings is 1. The van der Waals surface area contributed by atoms with E-state index in [1.54, 1.807) is 0 Å². The van der Waals surface area contributed by atoms with Gasteiger partial charge < -0.3 is 9.64 Å². The van der Waals surface area contributed by atoms with Gasteiger partial charge in [0.1, 0.15) is 0 Å². The molecule has 1 saturated heterocycles. The van der Waals surface area contributed by atoms with Crippen molar-refractivity contribution in [2.75, 3.05) is 30.9 Å². The van der Waals surface area contributed by atoms with Crippen molar-refractivity contribution >= 4 is 15.7 Å². The lowest BCUT2D eigenvalue weighted by Gasteiger charge is -2.40. The Kier molecular flexibility index (Phi) is 7.31. The summed E-state index contributed by atoms with van der Waals surface area (Å²) in [5, 5.41) is 0. The van der Waals surface area contributed by atoms with E-state index >= 15 is 0 Å². The van der Waals surface area contributed by atoms with Crippen molar-refractivity contribution in [3.05, 3.63) is 66.2 Å². The molecule has 2 aromatic rings. The quantitative estimate of drug-likeness (QED) is 0.699. The highest BCUT2D eigenvalue weighted by Crippen LogP contribution is 2.34. The number of hydrogen-bond donors (Lipinski definition) is 1. The number of rotatable bonds is 7. The van der Waals surface area contributed by atoms with Gasteiger partial charge in [-0.3, -0.25) is 0 Å². The summed E-state index contributed by atoms with van der Waals surface area (Å²) in [5.41, 5.74) is 2.62. The van der Waals surface area contributed by atoms with Crippen molar-refractivity contribution in [3.8, 4) is 0 Å². The molecule has 2 unspecified atom stereocenters. The zero-order valence-electron chi connectivity index (χ0n) is 18.3. The molecule has 0 bridgehead atoms. The molecule has 0 aromatic heterocycles. The van der Waals surface area contributed by atoms with Gasteiger partial charge in [0.15, 0.2) is 0 Å². The lowest BCUT2D eigenvalue weighted by molar-refractivity contribution is -0.00209. The maximum atomic E-state index is 11.9. The fourth-order valence-electron chi connectivity index (χ4n) is 5.05. The molecule has 0 spiro atoms. The first-order chi connectivity index (χ1) is 15.0. The molecule has 0 radical (unpaired) electrons. The van der Waals surface area contributed by atoms with Gasteiger partial charge in [-0.1, -0.05) is 48.5 Å². The predicted octanol–water partition coefficient (Wildman–Crippen LogP) is 4.17. The number of sulfonamides is 1. The minimum Gasteiger partial charge on any atom is -0.378 e. The normalized spacial score (nSPS) is 27.2. The molecule has 2 fully saturated rings. The van der Waals surface area contributed by atoms with Gasteiger partial charge in [0, 0.05) is 30.7 Å². The molecule has 6 heteroatoms. The van der Waals surface area contributed by atoms with E-state index in [1.165, 1.54) is 17.5 Å². The maximum Gasteiger partial charge on any atom is 0.208 e. The Morgan fingerprint density at radius 2 is 1.58 bits per heavy atom. The van der Waals surface area contributed by atoms with Gasteiger partial charge in [0.05, 0.1) is 19.0 Å². The van der Waals surface area contributed by atoms with Crippen LogP contribution in [0.15, 0.2) is 60.7 Å². The van der Waals surface area contributed by atoms with Crippen LogP contribution >= 0.6 is 0 Å². The number of benzene rings is 2. The molecule has 2 aliphatic rings. The minimum absolute atomic E-state index is 0.0735. The van der Waals surface area contributed by atoms with Gasteiger partial charge in [-0.05, 0) is 55.7 Å². The SMILES string of the molecule is CS(=O)(=O)NC1CCN(c2ccccc2)CC1COC1CCC(c2ccccc2)CC1. The molecule has 1 aliphatic carbocycles. The predicted molar refractivity (Wildman–Crippen MR) is 126 cm³/mol. The van der Waals surface area contributed by atoms with Crippen LogP contribution in [0.2, 0.25) is 0 Å². The van der Waals surface area contributed by atoms with Gasteiger partial charge >= 0.3 is 0 Å². The van der Waals surface area contributed by atoms with Crippen molar-refractivity contribution in [2.24, 2.45) is 5.92 Å². The third kappa shape index (κ3) is 6.31. The molecule has 4 rings (SSSR count). The van der Waals surface area contributed by atoms with E-state index in [1.807, 2.05) is 18.2 Å². The van der Waals surface area contributed by atoms with Crippen molar-refractivity contribution in [1.82, 2.24) is 4.72 Å². The second-order valence-electron chi connectivity index (χ2n) is 9.04. The number of ether oxygens (including phenoxy) is 1. The third-order valence-electron chi connectivity index (χ3n) is 6.71. The summed E-state index contributed by atoms with van der Waals surface area (Å²) in [6.45, 7) is 2.24. The van der Waals surface area contributed by atoms with Gasteiger partial charge in [0.25, 0.3) is 0 Å². The monoisotopic (exact) mass is 442 g/mol. The molecule has 1 aliphatic heterocycles. The van der Waals surface area contributed by atoms with Crippen LogP contribution in [0.4, 0.5) is 5.69 Å². The Bertz CT molecular complexity index is 912. The van der Waals surface area contributed by atoms with Crippen molar-refractivity contribution < 1.29 is 13.2 Å². The van der Waals surface area contributed by atoms with E-state index in [0.717, 1.165) is 45.2 Å². The van der Waals surface area contributed by atoms with Crippen LogP contribution in [-0.2, 0) is 14.8 Å². The molecule has 2 aromatic carbocycles. The van der Waals surface area contributed by atoms with Crippen LogP contribution in [0.3, 0.4) is 0 Å². The number of anilines is 1. The van der Waals surface area contributed by atoms with Crippen LogP contribution in [0.5, 0.6) is 0 Å². The zero-order chi connectivity index (χ0) is 21.7. The Morgan fingerprint density at radius 1 is 0.935 bits per heavy atom. The van der Waals surface area contributed by atoms with Gasteiger partial charge in [0.2, 0.25) is 10.0 Å². The standard InChI is InChI=1S/C25H34N2O3S/c1-31(28,29)26-25-16-17-27(23-10-6-3-7-11-23)18-22(25)19-30-24-14-12-21(13-15-24)20-8-4-2-5-9-20/h2-11,21-22,24-26H,12-19H2,1H3. The van der Waals surface area contributed by atoms with Crippen LogP contribution < -0.4 is 9.62 Å². The Balaban J connectivity index is 1.34. The molecular formula is C25H34N2O3S. The van der Waals surface area contributed by atoms with Crippen LogP contribution in [-0.4, -0.2) is 46.5 Å². The fourth-order valence-corrected chi connectivity index (χ4v) is 5.91. The Morgan fingerprint density at radius 3 is 2.23 bits per heavy atom. The molecule has 5 nitrogen and oxygen atoms in total. The summed E-state index contributed by atoms with van der Waals surface area (Å²) >= 11 is 0. The molecular weight excluding hydrogens is 408 g/mol. The number of para-hydroxylation sites is 1. The van der Waals surface area contributed by atoms with Crippen molar-refractivity contribution in [2.45, 2.75) is 50.2 Å². The largest absolute Gasteiger partial charge is 0.378 e. The molecule has 0 amide bonds. The summed E-state index contributed by atoms with van der Waals surface area (Å²) in [7, 11) is -3.24.